The van der Waals surface area contributed by atoms with Gasteiger partial charge >= 0.3 is 37.7 Å². The molecular weight excluding hydrogens is 125 g/mol. The van der Waals surface area contributed by atoms with Crippen LogP contribution in [0.15, 0.2) is 0 Å². The van der Waals surface area contributed by atoms with Gasteiger partial charge in [-0.25, -0.2) is 0 Å². The average Bonchev–Trinajstić information content (AvgIpc) is 1.41. The maximum Gasteiger partial charge on any atom is -1.00 e. The first kappa shape index (κ1) is 5.46. The van der Waals surface area contributed by atoms with Crippen molar-refractivity contribution in [1.29, 1.82) is 0 Å². The van der Waals surface area contributed by atoms with E-state index in [2.05, 4.69) is 0 Å². The quantitative estimate of drug-likeness (QED) is 0.441. The first-order chi connectivity index (χ1) is 2.41. The zero-order valence-corrected chi connectivity index (χ0v) is 6.24. The minimum atomic E-state index is -0.347. The molecule has 0 radical (unpaired) electrons. The molecule has 0 aromatic rings. The molecule has 0 aliphatic rings. The van der Waals surface area contributed by atoms with Gasteiger partial charge < -0.3 is 2.85 Å². The SMILES string of the molecule is N[CH2][GeH2][CH2]N.[H-].[H-]. The smallest absolute Gasteiger partial charge is 1.00 e. The summed E-state index contributed by atoms with van der Waals surface area (Å²) in [5, 5.41) is 1.81. The van der Waals surface area contributed by atoms with Gasteiger partial charge in [-0.3, -0.25) is 0 Å². The molecule has 0 unspecified atom stereocenters. The summed E-state index contributed by atoms with van der Waals surface area (Å²) in [5.74, 6) is 0. The molecule has 0 heterocycles. The van der Waals surface area contributed by atoms with Crippen LogP contribution in [0.25, 0.3) is 0 Å². The molecule has 0 fully saturated rings. The van der Waals surface area contributed by atoms with Gasteiger partial charge in [0.2, 0.25) is 0 Å². The first-order valence-electron chi connectivity index (χ1n) is 1.82. The van der Waals surface area contributed by atoms with Crippen molar-refractivity contribution in [3.05, 3.63) is 0 Å². The van der Waals surface area contributed by atoms with Crippen LogP contribution in [0.5, 0.6) is 0 Å². The molecule has 0 aliphatic heterocycles. The van der Waals surface area contributed by atoms with Gasteiger partial charge in [-0.1, -0.05) is 0 Å². The third-order valence-electron chi connectivity index (χ3n) is 0.408. The molecule has 36 valence electrons. The van der Waals surface area contributed by atoms with Crippen LogP contribution in [0.3, 0.4) is 0 Å². The molecule has 4 N–H and O–H groups in total. The van der Waals surface area contributed by atoms with Gasteiger partial charge in [0.05, 0.1) is 0 Å². The molecule has 0 amide bonds. The van der Waals surface area contributed by atoms with Crippen molar-refractivity contribution in [3.8, 4) is 0 Å². The van der Waals surface area contributed by atoms with Crippen LogP contribution < -0.4 is 11.5 Å². The van der Waals surface area contributed by atoms with Crippen LogP contribution in [0.2, 0.25) is 0 Å². The van der Waals surface area contributed by atoms with E-state index in [0.717, 1.165) is 10.8 Å². The maximum absolute atomic E-state index is 5.14. The Bertz CT molecular complexity index is 21.2. The molecule has 0 rings (SSSR count). The number of nitrogens with two attached hydrogens (primary N) is 2. The van der Waals surface area contributed by atoms with Crippen molar-refractivity contribution in [2.24, 2.45) is 11.5 Å². The summed E-state index contributed by atoms with van der Waals surface area (Å²) in [5.41, 5.74) is 10.3. The van der Waals surface area contributed by atoms with E-state index in [0.29, 0.717) is 0 Å². The van der Waals surface area contributed by atoms with Crippen LogP contribution in [0.1, 0.15) is 2.85 Å². The molecule has 0 bridgehead atoms. The predicted octanol–water partition coefficient (Wildman–Crippen LogP) is -1.79. The van der Waals surface area contributed by atoms with Gasteiger partial charge in [-0.05, 0) is 0 Å². The van der Waals surface area contributed by atoms with E-state index in [-0.39, 0.29) is 18.3 Å². The molecule has 0 aromatic carbocycles. The summed E-state index contributed by atoms with van der Waals surface area (Å²) in [7, 11) is 0. The Morgan fingerprint density at radius 3 is 1.80 bits per heavy atom. The zero-order chi connectivity index (χ0) is 4.12. The van der Waals surface area contributed by atoms with E-state index in [4.69, 9.17) is 11.5 Å². The average molecular weight is 137 g/mol. The van der Waals surface area contributed by atoms with Gasteiger partial charge in [0, 0.05) is 0 Å². The second-order valence-corrected chi connectivity index (χ2v) is 4.84. The molecular formula is C2H12GeN2-2. The Labute approximate surface area is 41.4 Å². The van der Waals surface area contributed by atoms with E-state index < -0.39 is 0 Å². The standard InChI is InChI=1S/C2H10GeN2.2H/c4-1-3-2-5;;/h1-5H2;;/q;2*-1. The zero-order valence-electron chi connectivity index (χ0n) is 5.28. The normalized spacial score (nSPS) is 8.40. The molecule has 0 spiro atoms. The minimum absolute atomic E-state index is 0. The minimum Gasteiger partial charge on any atom is -1.00 e. The van der Waals surface area contributed by atoms with Gasteiger partial charge in [0.15, 0.2) is 0 Å². The van der Waals surface area contributed by atoms with E-state index >= 15 is 0 Å². The van der Waals surface area contributed by atoms with Crippen molar-refractivity contribution in [2.75, 3.05) is 10.8 Å². The van der Waals surface area contributed by atoms with E-state index in [9.17, 15) is 0 Å². The fourth-order valence-electron chi connectivity index (χ4n) is 0.118. The Morgan fingerprint density at radius 2 is 1.80 bits per heavy atom. The van der Waals surface area contributed by atoms with Crippen molar-refractivity contribution in [2.45, 2.75) is 0 Å². The largest absolute Gasteiger partial charge is 1.00 e. The summed E-state index contributed by atoms with van der Waals surface area (Å²) in [6.07, 6.45) is 0. The van der Waals surface area contributed by atoms with Crippen LogP contribution >= 0.6 is 0 Å². The Kier molecular flexibility index (Phi) is 4.88. The Balaban J connectivity index is -0.0000000800. The molecule has 3 heteroatoms. The summed E-state index contributed by atoms with van der Waals surface area (Å²) in [6, 6.07) is 0. The van der Waals surface area contributed by atoms with E-state index in [1.807, 2.05) is 0 Å². The second kappa shape index (κ2) is 4.46. The Morgan fingerprint density at radius 1 is 1.40 bits per heavy atom. The van der Waals surface area contributed by atoms with Gasteiger partial charge in [0.1, 0.15) is 0 Å². The van der Waals surface area contributed by atoms with Gasteiger partial charge in [-0.15, -0.1) is 0 Å². The number of hydrogen-bond donors (Lipinski definition) is 2. The summed E-state index contributed by atoms with van der Waals surface area (Å²) in [6.45, 7) is 0. The van der Waals surface area contributed by atoms with Crippen molar-refractivity contribution in [3.63, 3.8) is 0 Å². The van der Waals surface area contributed by atoms with Crippen LogP contribution in [-0.4, -0.2) is 26.2 Å². The predicted molar refractivity (Wildman–Crippen MR) is 28.9 cm³/mol. The molecule has 0 saturated heterocycles. The maximum atomic E-state index is 5.14. The number of hydrogen-bond acceptors (Lipinski definition) is 2. The van der Waals surface area contributed by atoms with Crippen molar-refractivity contribution in [1.82, 2.24) is 0 Å². The third kappa shape index (κ3) is 4.46. The molecule has 0 saturated carbocycles. The Hall–Kier alpha value is 0.463. The molecule has 0 aromatic heterocycles. The summed E-state index contributed by atoms with van der Waals surface area (Å²) >= 11 is -0.347. The third-order valence-corrected chi connectivity index (χ3v) is 2.12. The van der Waals surface area contributed by atoms with Crippen molar-refractivity contribution >= 4 is 15.4 Å². The summed E-state index contributed by atoms with van der Waals surface area (Å²) in [4.78, 5) is 0. The molecule has 0 aliphatic carbocycles. The number of rotatable bonds is 2. The van der Waals surface area contributed by atoms with Crippen LogP contribution in [0, 0.1) is 0 Å². The fourth-order valence-corrected chi connectivity index (χ4v) is 0.612. The monoisotopic (exact) mass is 138 g/mol. The van der Waals surface area contributed by atoms with Crippen molar-refractivity contribution < 1.29 is 2.85 Å². The first-order valence-corrected chi connectivity index (χ1v) is 6.01. The van der Waals surface area contributed by atoms with Gasteiger partial charge in [-0.2, -0.15) is 0 Å². The summed E-state index contributed by atoms with van der Waals surface area (Å²) < 4.78 is 0. The fraction of sp³-hybridized carbons (Fsp3) is 1.00. The van der Waals surface area contributed by atoms with E-state index in [1.54, 1.807) is 0 Å². The topological polar surface area (TPSA) is 52.0 Å². The molecule has 0 atom stereocenters. The van der Waals surface area contributed by atoms with E-state index in [1.165, 1.54) is 0 Å². The van der Waals surface area contributed by atoms with Gasteiger partial charge in [0.25, 0.3) is 0 Å². The molecule has 5 heavy (non-hydrogen) atoms. The second-order valence-electron chi connectivity index (χ2n) is 0.931. The molecule has 2 nitrogen and oxygen atoms in total. The van der Waals surface area contributed by atoms with Crippen LogP contribution in [0.4, 0.5) is 0 Å². The van der Waals surface area contributed by atoms with Crippen LogP contribution in [-0.2, 0) is 0 Å².